The predicted octanol–water partition coefficient (Wildman–Crippen LogP) is 16.9. The lowest BCUT2D eigenvalue weighted by Crippen LogP contribution is -2.30. The van der Waals surface area contributed by atoms with Crippen LogP contribution in [0.1, 0.15) is 271 Å². The molecule has 6 nitrogen and oxygen atoms in total. The van der Waals surface area contributed by atoms with Gasteiger partial charge in [-0.1, -0.05) is 198 Å². The van der Waals surface area contributed by atoms with E-state index in [1.807, 2.05) is 0 Å². The van der Waals surface area contributed by atoms with Gasteiger partial charge in [-0.2, -0.15) is 0 Å². The molecular formula is C54H98O6. The molecule has 0 rings (SSSR count). The molecule has 0 aliphatic heterocycles. The molecule has 0 radical (unpaired) electrons. The first kappa shape index (κ1) is 57.6. The summed E-state index contributed by atoms with van der Waals surface area (Å²) in [6.07, 6.45) is 57.0. The molecule has 0 fully saturated rings. The molecule has 0 bridgehead atoms. The van der Waals surface area contributed by atoms with Crippen molar-refractivity contribution in [2.45, 2.75) is 277 Å². The second kappa shape index (κ2) is 49.3. The Balaban J connectivity index is 4.35. The fourth-order valence-corrected chi connectivity index (χ4v) is 7.38. The lowest BCUT2D eigenvalue weighted by atomic mass is 10.1. The van der Waals surface area contributed by atoms with Crippen molar-refractivity contribution in [2.75, 3.05) is 13.2 Å². The van der Waals surface area contributed by atoms with Gasteiger partial charge in [0.2, 0.25) is 0 Å². The molecule has 0 amide bonds. The largest absolute Gasteiger partial charge is 0.462 e. The highest BCUT2D eigenvalue weighted by Crippen LogP contribution is 2.14. The highest BCUT2D eigenvalue weighted by molar-refractivity contribution is 5.71. The van der Waals surface area contributed by atoms with Crippen molar-refractivity contribution in [2.24, 2.45) is 0 Å². The summed E-state index contributed by atoms with van der Waals surface area (Å²) in [5.74, 6) is -0.900. The minimum Gasteiger partial charge on any atom is -0.462 e. The molecule has 0 aromatic carbocycles. The molecule has 0 N–H and O–H groups in total. The van der Waals surface area contributed by atoms with Crippen LogP contribution >= 0.6 is 0 Å². The Kier molecular flexibility index (Phi) is 47.3. The molecule has 0 heterocycles. The number of unbranched alkanes of at least 4 members (excludes halogenated alkanes) is 30. The zero-order valence-electron chi connectivity index (χ0n) is 40.0. The maximum Gasteiger partial charge on any atom is 0.306 e. The molecular weight excluding hydrogens is 745 g/mol. The molecule has 350 valence electrons. The number of hydrogen-bond acceptors (Lipinski definition) is 6. The van der Waals surface area contributed by atoms with Crippen LogP contribution in [0.2, 0.25) is 0 Å². The average Bonchev–Trinajstić information content (AvgIpc) is 3.24. The van der Waals surface area contributed by atoms with E-state index in [1.165, 1.54) is 148 Å². The number of carbonyl (C=O) groups is 3. The number of rotatable bonds is 47. The third-order valence-electron chi connectivity index (χ3n) is 11.3. The van der Waals surface area contributed by atoms with Crippen LogP contribution in [0.3, 0.4) is 0 Å². The Hall–Kier alpha value is -2.37. The predicted molar refractivity (Wildman–Crippen MR) is 256 cm³/mol. The maximum absolute atomic E-state index is 12.8. The van der Waals surface area contributed by atoms with E-state index >= 15 is 0 Å². The van der Waals surface area contributed by atoms with Gasteiger partial charge in [-0.05, 0) is 89.9 Å². The van der Waals surface area contributed by atoms with Crippen LogP contribution in [0.25, 0.3) is 0 Å². The molecule has 0 aromatic heterocycles. The SMILES string of the molecule is CCC/C=C\CCCCCCCC(=O)OCC(COC(=O)CCCCCCC/C=C\CCCCCCCCC)OC(=O)CCCCCCC/C=C\CCCCCCCCC. The van der Waals surface area contributed by atoms with Gasteiger partial charge in [0.05, 0.1) is 0 Å². The van der Waals surface area contributed by atoms with Gasteiger partial charge < -0.3 is 14.2 Å². The summed E-state index contributed by atoms with van der Waals surface area (Å²) in [4.78, 5) is 37.9. The van der Waals surface area contributed by atoms with E-state index in [1.54, 1.807) is 0 Å². The average molecular weight is 843 g/mol. The Morgan fingerprint density at radius 2 is 0.583 bits per heavy atom. The van der Waals surface area contributed by atoms with Crippen molar-refractivity contribution < 1.29 is 28.6 Å². The molecule has 0 spiro atoms. The molecule has 1 unspecified atom stereocenters. The summed E-state index contributed by atoms with van der Waals surface area (Å²) in [6.45, 7) is 6.57. The summed E-state index contributed by atoms with van der Waals surface area (Å²) in [7, 11) is 0. The molecule has 1 atom stereocenters. The fraction of sp³-hybridized carbons (Fsp3) is 0.833. The second-order valence-corrected chi connectivity index (χ2v) is 17.4. The van der Waals surface area contributed by atoms with Crippen LogP contribution in [-0.2, 0) is 28.6 Å². The van der Waals surface area contributed by atoms with Crippen molar-refractivity contribution in [3.8, 4) is 0 Å². The minimum absolute atomic E-state index is 0.0811. The van der Waals surface area contributed by atoms with Crippen LogP contribution in [0.4, 0.5) is 0 Å². The van der Waals surface area contributed by atoms with Crippen LogP contribution in [0, 0.1) is 0 Å². The van der Waals surface area contributed by atoms with Gasteiger partial charge in [0.15, 0.2) is 6.10 Å². The Morgan fingerprint density at radius 1 is 0.317 bits per heavy atom. The lowest BCUT2D eigenvalue weighted by molar-refractivity contribution is -0.167. The number of ether oxygens (including phenoxy) is 3. The summed E-state index contributed by atoms with van der Waals surface area (Å²) in [5.41, 5.74) is 0. The summed E-state index contributed by atoms with van der Waals surface area (Å²) >= 11 is 0. The Morgan fingerprint density at radius 3 is 0.900 bits per heavy atom. The van der Waals surface area contributed by atoms with Crippen molar-refractivity contribution in [1.29, 1.82) is 0 Å². The first-order valence-electron chi connectivity index (χ1n) is 26.0. The quantitative estimate of drug-likeness (QED) is 0.0263. The van der Waals surface area contributed by atoms with Gasteiger partial charge in [-0.25, -0.2) is 0 Å². The standard InChI is InChI=1S/C54H98O6/c1-4-7-10-13-16-19-22-24-26-28-30-32-35-38-41-44-47-53(56)59-50-51(49-58-52(55)46-43-40-37-34-21-18-15-12-9-6-3)60-54(57)48-45-42-39-36-33-31-29-27-25-23-20-17-14-11-8-5-2/h12,15,26-29,51H,4-11,13-14,16-25,30-50H2,1-3H3/b15-12-,28-26-,29-27-. The van der Waals surface area contributed by atoms with Crippen molar-refractivity contribution >= 4 is 17.9 Å². The maximum atomic E-state index is 12.8. The molecule has 6 heteroatoms. The third kappa shape index (κ3) is 46.7. The van der Waals surface area contributed by atoms with Gasteiger partial charge in [0, 0.05) is 19.3 Å². The minimum atomic E-state index is -0.780. The zero-order valence-corrected chi connectivity index (χ0v) is 40.0. The highest BCUT2D eigenvalue weighted by Gasteiger charge is 2.19. The number of hydrogen-bond donors (Lipinski definition) is 0. The molecule has 60 heavy (non-hydrogen) atoms. The van der Waals surface area contributed by atoms with E-state index in [2.05, 4.69) is 57.2 Å². The zero-order chi connectivity index (χ0) is 43.7. The van der Waals surface area contributed by atoms with Gasteiger partial charge in [0.1, 0.15) is 13.2 Å². The van der Waals surface area contributed by atoms with E-state index in [9.17, 15) is 14.4 Å². The molecule has 0 aliphatic rings. The first-order valence-corrected chi connectivity index (χ1v) is 26.0. The van der Waals surface area contributed by atoms with Gasteiger partial charge >= 0.3 is 17.9 Å². The molecule has 0 aromatic rings. The fourth-order valence-electron chi connectivity index (χ4n) is 7.38. The van der Waals surface area contributed by atoms with E-state index in [0.29, 0.717) is 19.3 Å². The highest BCUT2D eigenvalue weighted by atomic mass is 16.6. The van der Waals surface area contributed by atoms with Gasteiger partial charge in [0.25, 0.3) is 0 Å². The third-order valence-corrected chi connectivity index (χ3v) is 11.3. The van der Waals surface area contributed by atoms with Crippen molar-refractivity contribution in [3.63, 3.8) is 0 Å². The number of esters is 3. The number of allylic oxidation sites excluding steroid dienone is 6. The number of carbonyl (C=O) groups excluding carboxylic acids is 3. The summed E-state index contributed by atoms with van der Waals surface area (Å²) < 4.78 is 16.8. The van der Waals surface area contributed by atoms with E-state index < -0.39 is 6.10 Å². The van der Waals surface area contributed by atoms with E-state index in [4.69, 9.17) is 14.2 Å². The van der Waals surface area contributed by atoms with E-state index in [0.717, 1.165) is 83.5 Å². The van der Waals surface area contributed by atoms with Gasteiger partial charge in [-0.3, -0.25) is 14.4 Å². The molecule has 0 saturated heterocycles. The smallest absolute Gasteiger partial charge is 0.306 e. The molecule has 0 aliphatic carbocycles. The van der Waals surface area contributed by atoms with Crippen LogP contribution in [-0.4, -0.2) is 37.2 Å². The van der Waals surface area contributed by atoms with Crippen LogP contribution < -0.4 is 0 Å². The van der Waals surface area contributed by atoms with Crippen LogP contribution in [0.15, 0.2) is 36.5 Å². The topological polar surface area (TPSA) is 78.9 Å². The lowest BCUT2D eigenvalue weighted by Gasteiger charge is -2.18. The Labute approximate surface area is 372 Å². The normalized spacial score (nSPS) is 12.2. The van der Waals surface area contributed by atoms with Gasteiger partial charge in [-0.15, -0.1) is 0 Å². The summed E-state index contributed by atoms with van der Waals surface area (Å²) in [5, 5.41) is 0. The summed E-state index contributed by atoms with van der Waals surface area (Å²) in [6, 6.07) is 0. The first-order chi connectivity index (χ1) is 29.5. The second-order valence-electron chi connectivity index (χ2n) is 17.4. The van der Waals surface area contributed by atoms with Crippen molar-refractivity contribution in [3.05, 3.63) is 36.5 Å². The Bertz CT molecular complexity index is 1020. The van der Waals surface area contributed by atoms with Crippen LogP contribution in [0.5, 0.6) is 0 Å². The monoisotopic (exact) mass is 843 g/mol. The van der Waals surface area contributed by atoms with E-state index in [-0.39, 0.29) is 31.1 Å². The van der Waals surface area contributed by atoms with Crippen molar-refractivity contribution in [1.82, 2.24) is 0 Å². The molecule has 0 saturated carbocycles.